The molecule has 104 valence electrons. The van der Waals surface area contributed by atoms with Crippen LogP contribution in [-0.4, -0.2) is 25.9 Å². The number of hydrogen-bond acceptors (Lipinski definition) is 4. The molecule has 2 N–H and O–H groups in total. The first-order valence-electron chi connectivity index (χ1n) is 5.11. The fourth-order valence-corrected chi connectivity index (χ4v) is 2.49. The van der Waals surface area contributed by atoms with Crippen LogP contribution < -0.4 is 0 Å². The van der Waals surface area contributed by atoms with Crippen LogP contribution in [0.1, 0.15) is 25.0 Å². The van der Waals surface area contributed by atoms with Crippen LogP contribution >= 0.6 is 0 Å². The van der Waals surface area contributed by atoms with Crippen LogP contribution in [0.4, 0.5) is 0 Å². The van der Waals surface area contributed by atoms with Crippen LogP contribution in [0.3, 0.4) is 0 Å². The Kier molecular flexibility index (Phi) is 5.94. The molecule has 0 heterocycles. The van der Waals surface area contributed by atoms with Gasteiger partial charge in [-0.15, -0.1) is 0 Å². The molecule has 0 aliphatic rings. The molecule has 0 aliphatic carbocycles. The molecule has 0 saturated carbocycles. The second-order valence-corrected chi connectivity index (χ2v) is 6.23. The molecule has 8 heteroatoms. The van der Waals surface area contributed by atoms with E-state index in [0.29, 0.717) is 5.56 Å². The van der Waals surface area contributed by atoms with Crippen molar-refractivity contribution in [3.63, 3.8) is 0 Å². The highest BCUT2D eigenvalue weighted by Crippen LogP contribution is 2.16. The summed E-state index contributed by atoms with van der Waals surface area (Å²) in [5, 5.41) is 0. The van der Waals surface area contributed by atoms with Crippen molar-refractivity contribution in [1.29, 1.82) is 0 Å². The number of aryl methyl sites for hydroxylation is 1. The Morgan fingerprint density at radius 2 is 1.50 bits per heavy atom. The van der Waals surface area contributed by atoms with Gasteiger partial charge in [-0.3, -0.25) is 9.11 Å². The lowest BCUT2D eigenvalue weighted by atomic mass is 10.2. The molecule has 0 aliphatic heterocycles. The van der Waals surface area contributed by atoms with Gasteiger partial charge in [0, 0.05) is 0 Å². The van der Waals surface area contributed by atoms with E-state index in [9.17, 15) is 16.8 Å². The van der Waals surface area contributed by atoms with E-state index in [4.69, 9.17) is 9.11 Å². The summed E-state index contributed by atoms with van der Waals surface area (Å²) < 4.78 is 60.3. The zero-order valence-electron chi connectivity index (χ0n) is 10.3. The summed E-state index contributed by atoms with van der Waals surface area (Å²) in [6, 6.07) is 3.60. The summed E-state index contributed by atoms with van der Waals surface area (Å²) in [5.41, 5.74) is 0.559. The van der Waals surface area contributed by atoms with Gasteiger partial charge in [0.15, 0.2) is 0 Å². The van der Waals surface area contributed by atoms with E-state index >= 15 is 0 Å². The van der Waals surface area contributed by atoms with Crippen LogP contribution in [-0.2, 0) is 26.0 Å². The summed E-state index contributed by atoms with van der Waals surface area (Å²) in [7, 11) is -8.61. The molecule has 0 atom stereocenters. The fraction of sp³-hybridized carbons (Fsp3) is 0.400. The van der Waals surface area contributed by atoms with Crippen LogP contribution in [0.15, 0.2) is 23.1 Å². The van der Waals surface area contributed by atoms with Crippen molar-refractivity contribution in [3.8, 4) is 0 Å². The first kappa shape index (κ1) is 17.0. The van der Waals surface area contributed by atoms with Gasteiger partial charge in [0.2, 0.25) is 0 Å². The van der Waals surface area contributed by atoms with E-state index in [1.807, 2.05) is 13.8 Å². The van der Waals surface area contributed by atoms with Crippen LogP contribution in [0.25, 0.3) is 0 Å². The molecular weight excluding hydrogens is 280 g/mol. The van der Waals surface area contributed by atoms with E-state index < -0.39 is 30.9 Å². The average Bonchev–Trinajstić information content (AvgIpc) is 2.15. The SMILES string of the molecule is CC.Cc1cc(CS(=O)(=O)O)cc(S(=O)(=O)O)c1. The highest BCUT2D eigenvalue weighted by molar-refractivity contribution is 7.86. The lowest BCUT2D eigenvalue weighted by molar-refractivity contribution is 0.478. The van der Waals surface area contributed by atoms with Crippen molar-refractivity contribution in [2.24, 2.45) is 0 Å². The molecule has 18 heavy (non-hydrogen) atoms. The average molecular weight is 296 g/mol. The number of rotatable bonds is 3. The maximum absolute atomic E-state index is 10.8. The highest BCUT2D eigenvalue weighted by atomic mass is 32.2. The predicted octanol–water partition coefficient (Wildman–Crippen LogP) is 1.66. The van der Waals surface area contributed by atoms with Crippen molar-refractivity contribution >= 4 is 20.2 Å². The molecular formula is C10H16O6S2. The lowest BCUT2D eigenvalue weighted by Gasteiger charge is -2.04. The van der Waals surface area contributed by atoms with Crippen molar-refractivity contribution in [3.05, 3.63) is 29.3 Å². The van der Waals surface area contributed by atoms with Gasteiger partial charge < -0.3 is 0 Å². The molecule has 0 spiro atoms. The third-order valence-corrected chi connectivity index (χ3v) is 3.29. The zero-order chi connectivity index (χ0) is 14.6. The Morgan fingerprint density at radius 3 is 1.89 bits per heavy atom. The Hall–Kier alpha value is -0.960. The molecule has 1 aromatic rings. The number of hydrogen-bond donors (Lipinski definition) is 2. The van der Waals surface area contributed by atoms with E-state index in [0.717, 1.165) is 6.07 Å². The Bertz CT molecular complexity index is 601. The van der Waals surface area contributed by atoms with Gasteiger partial charge >= 0.3 is 0 Å². The van der Waals surface area contributed by atoms with E-state index in [1.54, 1.807) is 6.92 Å². The normalized spacial score (nSPS) is 11.6. The molecule has 0 saturated heterocycles. The first-order chi connectivity index (χ1) is 8.08. The van der Waals surface area contributed by atoms with Gasteiger partial charge in [-0.05, 0) is 30.2 Å². The van der Waals surface area contributed by atoms with Gasteiger partial charge in [0.25, 0.3) is 20.2 Å². The lowest BCUT2D eigenvalue weighted by Crippen LogP contribution is -2.04. The second-order valence-electron chi connectivity index (χ2n) is 3.36. The molecule has 0 fully saturated rings. The topological polar surface area (TPSA) is 109 Å². The standard InChI is InChI=1S/C8H10O6S2.C2H6/c1-6-2-7(5-15(9,10)11)4-8(3-6)16(12,13)14;1-2/h2-4H,5H2,1H3,(H,9,10,11)(H,12,13,14);1-2H3. The van der Waals surface area contributed by atoms with E-state index in [2.05, 4.69) is 0 Å². The minimum Gasteiger partial charge on any atom is -0.285 e. The molecule has 0 aromatic heterocycles. The summed E-state index contributed by atoms with van der Waals surface area (Å²) in [5.74, 6) is -0.697. The second kappa shape index (κ2) is 6.28. The number of benzene rings is 1. The van der Waals surface area contributed by atoms with Crippen LogP contribution in [0, 0.1) is 6.92 Å². The molecule has 1 aromatic carbocycles. The molecule has 1 rings (SSSR count). The van der Waals surface area contributed by atoms with Gasteiger partial charge in [-0.25, -0.2) is 0 Å². The Balaban J connectivity index is 0.00000137. The fourth-order valence-electron chi connectivity index (χ4n) is 1.27. The molecule has 6 nitrogen and oxygen atoms in total. The van der Waals surface area contributed by atoms with Gasteiger partial charge in [0.05, 0.1) is 4.90 Å². The summed E-state index contributed by atoms with van der Waals surface area (Å²) in [4.78, 5) is -0.397. The van der Waals surface area contributed by atoms with Gasteiger partial charge in [-0.2, -0.15) is 16.8 Å². The monoisotopic (exact) mass is 296 g/mol. The minimum absolute atomic E-state index is 0.0927. The summed E-state index contributed by atoms with van der Waals surface area (Å²) in [6.07, 6.45) is 0. The predicted molar refractivity (Wildman–Crippen MR) is 67.6 cm³/mol. The maximum Gasteiger partial charge on any atom is 0.294 e. The first-order valence-corrected chi connectivity index (χ1v) is 8.16. The van der Waals surface area contributed by atoms with E-state index in [-0.39, 0.29) is 5.56 Å². The van der Waals surface area contributed by atoms with Crippen molar-refractivity contribution < 1.29 is 25.9 Å². The minimum atomic E-state index is -4.38. The van der Waals surface area contributed by atoms with Crippen molar-refractivity contribution in [1.82, 2.24) is 0 Å². The van der Waals surface area contributed by atoms with Crippen molar-refractivity contribution in [2.45, 2.75) is 31.4 Å². The van der Waals surface area contributed by atoms with Crippen LogP contribution in [0.5, 0.6) is 0 Å². The highest BCUT2D eigenvalue weighted by Gasteiger charge is 2.14. The molecule has 0 bridgehead atoms. The Morgan fingerprint density at radius 1 is 1.00 bits per heavy atom. The Labute approximate surface area is 107 Å². The van der Waals surface area contributed by atoms with E-state index in [1.165, 1.54) is 12.1 Å². The third-order valence-electron chi connectivity index (χ3n) is 1.76. The molecule has 0 radical (unpaired) electrons. The van der Waals surface area contributed by atoms with Crippen molar-refractivity contribution in [2.75, 3.05) is 0 Å². The van der Waals surface area contributed by atoms with Crippen LogP contribution in [0.2, 0.25) is 0 Å². The van der Waals surface area contributed by atoms with Gasteiger partial charge in [0.1, 0.15) is 5.75 Å². The summed E-state index contributed by atoms with van der Waals surface area (Å²) >= 11 is 0. The largest absolute Gasteiger partial charge is 0.294 e. The molecule has 0 amide bonds. The zero-order valence-corrected chi connectivity index (χ0v) is 11.9. The third kappa shape index (κ3) is 6.10. The quantitative estimate of drug-likeness (QED) is 0.821. The summed E-state index contributed by atoms with van der Waals surface area (Å²) in [6.45, 7) is 5.54. The smallest absolute Gasteiger partial charge is 0.285 e. The van der Waals surface area contributed by atoms with Gasteiger partial charge in [-0.1, -0.05) is 19.9 Å². The maximum atomic E-state index is 10.8. The molecule has 0 unspecified atom stereocenters.